The second-order valence-corrected chi connectivity index (χ2v) is 9.17. The molecule has 2 saturated heterocycles. The number of alkyl halides is 3. The van der Waals surface area contributed by atoms with Gasteiger partial charge in [0.1, 0.15) is 5.01 Å². The summed E-state index contributed by atoms with van der Waals surface area (Å²) in [5.41, 5.74) is 2.11. The molecule has 0 N–H and O–H groups in total. The fourth-order valence-electron chi connectivity index (χ4n) is 4.49. The number of hydrogen-bond acceptors (Lipinski definition) is 5. The summed E-state index contributed by atoms with van der Waals surface area (Å²) in [4.78, 5) is 20.8. The van der Waals surface area contributed by atoms with Crippen LogP contribution in [0.25, 0.3) is 10.6 Å². The highest BCUT2D eigenvalue weighted by Gasteiger charge is 2.45. The Kier molecular flexibility index (Phi) is 6.25. The zero-order valence-electron chi connectivity index (χ0n) is 17.4. The number of rotatable bonds is 4. The van der Waals surface area contributed by atoms with E-state index < -0.39 is 18.4 Å². The lowest BCUT2D eigenvalue weighted by molar-refractivity contribution is -0.200. The normalized spacial score (nSPS) is 20.2. The topological polar surface area (TPSA) is 45.7 Å². The number of ether oxygens (including phenoxy) is 1. The van der Waals surface area contributed by atoms with Gasteiger partial charge in [-0.05, 0) is 39.2 Å². The zero-order valence-corrected chi connectivity index (χ0v) is 18.2. The molecule has 0 bridgehead atoms. The summed E-state index contributed by atoms with van der Waals surface area (Å²) in [6.45, 7) is 3.39. The van der Waals surface area contributed by atoms with E-state index in [1.54, 1.807) is 11.3 Å². The fourth-order valence-corrected chi connectivity index (χ4v) is 5.31. The summed E-state index contributed by atoms with van der Waals surface area (Å²) in [5, 5.41) is 3.10. The smallest absolute Gasteiger partial charge is 0.425 e. The molecule has 31 heavy (non-hydrogen) atoms. The third-order valence-corrected chi connectivity index (χ3v) is 7.30. The molecule has 4 rings (SSSR count). The molecule has 1 amide bonds. The second-order valence-electron chi connectivity index (χ2n) is 8.31. The van der Waals surface area contributed by atoms with Gasteiger partial charge in [0.15, 0.2) is 6.10 Å². The van der Waals surface area contributed by atoms with E-state index in [1.807, 2.05) is 18.2 Å². The molecular formula is C22H26F3N3O2S. The summed E-state index contributed by atoms with van der Waals surface area (Å²) in [6.07, 6.45) is -3.94. The molecule has 1 unspecified atom stereocenters. The molecule has 2 aliphatic rings. The molecule has 2 aromatic rings. The number of carbonyl (C=O) groups excluding carboxylic acids is 1. The van der Waals surface area contributed by atoms with Gasteiger partial charge in [-0.1, -0.05) is 30.3 Å². The lowest BCUT2D eigenvalue weighted by atomic mass is 9.85. The first-order chi connectivity index (χ1) is 14.8. The highest BCUT2D eigenvalue weighted by atomic mass is 32.1. The summed E-state index contributed by atoms with van der Waals surface area (Å²) in [7, 11) is 0. The van der Waals surface area contributed by atoms with Crippen LogP contribution in [-0.4, -0.2) is 58.3 Å². The summed E-state index contributed by atoms with van der Waals surface area (Å²) < 4.78 is 42.6. The molecule has 1 aromatic carbocycles. The first-order valence-electron chi connectivity index (χ1n) is 10.5. The average molecular weight is 454 g/mol. The van der Waals surface area contributed by atoms with E-state index in [0.717, 1.165) is 62.0 Å². The molecule has 0 radical (unpaired) electrons. The molecule has 168 valence electrons. The molecule has 0 aliphatic carbocycles. The molecule has 9 heteroatoms. The monoisotopic (exact) mass is 453 g/mol. The number of piperidine rings is 1. The summed E-state index contributed by atoms with van der Waals surface area (Å²) in [6, 6.07) is 10.1. The van der Waals surface area contributed by atoms with Gasteiger partial charge in [-0.3, -0.25) is 4.90 Å². The highest BCUT2D eigenvalue weighted by molar-refractivity contribution is 7.13. The van der Waals surface area contributed by atoms with Crippen LogP contribution in [0, 0.1) is 0 Å². The minimum absolute atomic E-state index is 0.0249. The van der Waals surface area contributed by atoms with Crippen molar-refractivity contribution in [2.45, 2.75) is 57.0 Å². The van der Waals surface area contributed by atoms with Gasteiger partial charge in [0.2, 0.25) is 0 Å². The summed E-state index contributed by atoms with van der Waals surface area (Å²) in [5.74, 6) is 0. The molecule has 1 atom stereocenters. The van der Waals surface area contributed by atoms with E-state index >= 15 is 0 Å². The zero-order chi connectivity index (χ0) is 22.1. The van der Waals surface area contributed by atoms with Gasteiger partial charge in [0, 0.05) is 36.1 Å². The standard InChI is InChI=1S/C22H26F3N3O2S/c1-16(22(23,24)25)30-20(29)27-12-9-21(10-13-27)8-5-11-28(21)14-18-15-31-19(26-18)17-6-3-2-4-7-17/h2-4,6-7,15-16H,5,8-14H2,1H3. The van der Waals surface area contributed by atoms with Gasteiger partial charge in [-0.15, -0.1) is 11.3 Å². The van der Waals surface area contributed by atoms with Crippen molar-refractivity contribution in [2.75, 3.05) is 19.6 Å². The van der Waals surface area contributed by atoms with E-state index in [9.17, 15) is 18.0 Å². The fraction of sp³-hybridized carbons (Fsp3) is 0.545. The third-order valence-electron chi connectivity index (χ3n) is 6.36. The Morgan fingerprint density at radius 3 is 2.58 bits per heavy atom. The van der Waals surface area contributed by atoms with Crippen LogP contribution in [0.2, 0.25) is 0 Å². The van der Waals surface area contributed by atoms with Crippen LogP contribution < -0.4 is 0 Å². The van der Waals surface area contributed by atoms with Crippen molar-refractivity contribution < 1.29 is 22.7 Å². The van der Waals surface area contributed by atoms with Crippen LogP contribution in [0.15, 0.2) is 35.7 Å². The van der Waals surface area contributed by atoms with Gasteiger partial charge < -0.3 is 9.64 Å². The van der Waals surface area contributed by atoms with Gasteiger partial charge in [0.05, 0.1) is 5.69 Å². The number of nitrogens with zero attached hydrogens (tertiary/aromatic N) is 3. The van der Waals surface area contributed by atoms with Crippen molar-refractivity contribution in [1.82, 2.24) is 14.8 Å². The number of amides is 1. The maximum Gasteiger partial charge on any atom is 0.425 e. The van der Waals surface area contributed by atoms with Crippen molar-refractivity contribution in [1.29, 1.82) is 0 Å². The molecule has 2 fully saturated rings. The third kappa shape index (κ3) is 4.87. The van der Waals surface area contributed by atoms with Crippen molar-refractivity contribution in [3.8, 4) is 10.6 Å². The van der Waals surface area contributed by atoms with E-state index in [-0.39, 0.29) is 5.54 Å². The number of thiazole rings is 1. The van der Waals surface area contributed by atoms with Gasteiger partial charge in [-0.25, -0.2) is 9.78 Å². The molecule has 0 saturated carbocycles. The van der Waals surface area contributed by atoms with Crippen LogP contribution in [0.1, 0.15) is 38.3 Å². The number of halogens is 3. The quantitative estimate of drug-likeness (QED) is 0.628. The lowest BCUT2D eigenvalue weighted by Gasteiger charge is -2.44. The molecule has 1 spiro atoms. The van der Waals surface area contributed by atoms with E-state index in [2.05, 4.69) is 27.1 Å². The Bertz CT molecular complexity index is 895. The van der Waals surface area contributed by atoms with Crippen LogP contribution in [0.3, 0.4) is 0 Å². The first kappa shape index (κ1) is 22.1. The van der Waals surface area contributed by atoms with Crippen molar-refractivity contribution in [2.24, 2.45) is 0 Å². The Hall–Kier alpha value is -2.13. The van der Waals surface area contributed by atoms with Crippen LogP contribution in [0.4, 0.5) is 18.0 Å². The van der Waals surface area contributed by atoms with E-state index in [4.69, 9.17) is 4.98 Å². The Morgan fingerprint density at radius 1 is 1.19 bits per heavy atom. The SMILES string of the molecule is CC(OC(=O)N1CCC2(CCCN2Cc2csc(-c3ccccc3)n2)CC1)C(F)(F)F. The minimum atomic E-state index is -4.54. The maximum absolute atomic E-state index is 12.7. The van der Waals surface area contributed by atoms with Crippen LogP contribution in [-0.2, 0) is 11.3 Å². The van der Waals surface area contributed by atoms with Crippen LogP contribution >= 0.6 is 11.3 Å². The first-order valence-corrected chi connectivity index (χ1v) is 11.4. The van der Waals surface area contributed by atoms with Gasteiger partial charge in [0.25, 0.3) is 0 Å². The Morgan fingerprint density at radius 2 is 1.90 bits per heavy atom. The van der Waals surface area contributed by atoms with Crippen molar-refractivity contribution in [3.63, 3.8) is 0 Å². The maximum atomic E-state index is 12.7. The molecular weight excluding hydrogens is 427 g/mol. The van der Waals surface area contributed by atoms with Crippen molar-refractivity contribution in [3.05, 3.63) is 41.4 Å². The molecule has 3 heterocycles. The van der Waals surface area contributed by atoms with E-state index in [1.165, 1.54) is 4.90 Å². The largest absolute Gasteiger partial charge is 0.437 e. The van der Waals surface area contributed by atoms with Crippen molar-refractivity contribution >= 4 is 17.4 Å². The number of aromatic nitrogens is 1. The Balaban J connectivity index is 1.36. The van der Waals surface area contributed by atoms with Gasteiger partial charge >= 0.3 is 12.3 Å². The summed E-state index contributed by atoms with van der Waals surface area (Å²) >= 11 is 1.63. The van der Waals surface area contributed by atoms with Crippen LogP contribution in [0.5, 0.6) is 0 Å². The number of likely N-dealkylation sites (tertiary alicyclic amines) is 2. The number of benzene rings is 1. The highest BCUT2D eigenvalue weighted by Crippen LogP contribution is 2.40. The molecule has 2 aliphatic heterocycles. The average Bonchev–Trinajstić information content (AvgIpc) is 3.36. The predicted molar refractivity (Wildman–Crippen MR) is 113 cm³/mol. The molecule has 1 aromatic heterocycles. The Labute approximate surface area is 183 Å². The lowest BCUT2D eigenvalue weighted by Crippen LogP contribution is -2.53. The minimum Gasteiger partial charge on any atom is -0.437 e. The molecule has 5 nitrogen and oxygen atoms in total. The van der Waals surface area contributed by atoms with E-state index in [0.29, 0.717) is 13.1 Å². The number of hydrogen-bond donors (Lipinski definition) is 0. The number of carbonyl (C=O) groups is 1. The second kappa shape index (κ2) is 8.78. The van der Waals surface area contributed by atoms with Gasteiger partial charge in [-0.2, -0.15) is 13.2 Å². The predicted octanol–water partition coefficient (Wildman–Crippen LogP) is 5.33.